The van der Waals surface area contributed by atoms with Crippen molar-refractivity contribution in [1.82, 2.24) is 29.9 Å². The molecule has 2 atom stereocenters. The molecule has 0 spiro atoms. The average Bonchev–Trinajstić information content (AvgIpc) is 2.80. The van der Waals surface area contributed by atoms with Gasteiger partial charge in [-0.25, -0.2) is 9.59 Å². The number of rotatable bonds is 12. The lowest BCUT2D eigenvalue weighted by Gasteiger charge is -2.12. The lowest BCUT2D eigenvalue weighted by molar-refractivity contribution is 0.105. The SMILES string of the molecule is O=c1nc(NCC(O)CO)nc(Nc2cccc(Nc3nc(NCC(O)CO)nc(=O)[nH]3)c2)[nH]1. The van der Waals surface area contributed by atoms with Crippen LogP contribution in [-0.4, -0.2) is 88.8 Å². The van der Waals surface area contributed by atoms with Gasteiger partial charge in [0.2, 0.25) is 23.8 Å². The largest absolute Gasteiger partial charge is 0.394 e. The zero-order valence-corrected chi connectivity index (χ0v) is 17.7. The van der Waals surface area contributed by atoms with E-state index in [2.05, 4.69) is 51.2 Å². The summed E-state index contributed by atoms with van der Waals surface area (Å²) >= 11 is 0. The number of H-pyrrole nitrogens is 2. The van der Waals surface area contributed by atoms with Gasteiger partial charge in [-0.15, -0.1) is 0 Å². The number of nitrogens with one attached hydrogen (secondary N) is 6. The molecule has 0 saturated heterocycles. The van der Waals surface area contributed by atoms with Gasteiger partial charge < -0.3 is 41.7 Å². The zero-order valence-electron chi connectivity index (χ0n) is 17.7. The van der Waals surface area contributed by atoms with Gasteiger partial charge in [0.15, 0.2) is 0 Å². The fourth-order valence-electron chi connectivity index (χ4n) is 2.54. The molecule has 0 saturated carbocycles. The van der Waals surface area contributed by atoms with Gasteiger partial charge in [0.05, 0.1) is 25.4 Å². The van der Waals surface area contributed by atoms with Crippen LogP contribution in [0.5, 0.6) is 0 Å². The van der Waals surface area contributed by atoms with E-state index in [0.717, 1.165) is 0 Å². The van der Waals surface area contributed by atoms with Gasteiger partial charge in [-0.05, 0) is 18.2 Å². The molecule has 2 unspecified atom stereocenters. The molecule has 0 amide bonds. The predicted molar refractivity (Wildman–Crippen MR) is 121 cm³/mol. The molecule has 0 fully saturated rings. The van der Waals surface area contributed by atoms with E-state index in [1.54, 1.807) is 24.3 Å². The minimum Gasteiger partial charge on any atom is -0.394 e. The van der Waals surface area contributed by atoms with Gasteiger partial charge in [0, 0.05) is 24.5 Å². The van der Waals surface area contributed by atoms with Crippen LogP contribution < -0.4 is 32.6 Å². The van der Waals surface area contributed by atoms with Gasteiger partial charge in [-0.2, -0.15) is 19.9 Å². The first kappa shape index (κ1) is 24.5. The van der Waals surface area contributed by atoms with Crippen molar-refractivity contribution in [3.05, 3.63) is 45.2 Å². The summed E-state index contributed by atoms with van der Waals surface area (Å²) in [5, 5.41) is 47.7. The second-order valence-electron chi connectivity index (χ2n) is 6.92. The smallest absolute Gasteiger partial charge is 0.351 e. The number of hydrogen-bond acceptors (Lipinski definition) is 14. The van der Waals surface area contributed by atoms with Crippen LogP contribution in [0.3, 0.4) is 0 Å². The van der Waals surface area contributed by atoms with Gasteiger partial charge in [-0.1, -0.05) is 6.07 Å². The van der Waals surface area contributed by atoms with Crippen molar-refractivity contribution in [1.29, 1.82) is 0 Å². The summed E-state index contributed by atoms with van der Waals surface area (Å²) in [5.41, 5.74) is -0.335. The van der Waals surface area contributed by atoms with E-state index < -0.39 is 36.8 Å². The number of anilines is 6. The van der Waals surface area contributed by atoms with Gasteiger partial charge in [0.25, 0.3) is 0 Å². The number of aromatic amines is 2. The van der Waals surface area contributed by atoms with Crippen molar-refractivity contribution in [2.24, 2.45) is 0 Å². The molecule has 2 heterocycles. The Balaban J connectivity index is 1.71. The fourth-order valence-corrected chi connectivity index (χ4v) is 2.54. The molecule has 0 aliphatic heterocycles. The molecular weight excluding hydrogens is 452 g/mol. The van der Waals surface area contributed by atoms with Crippen LogP contribution in [0.2, 0.25) is 0 Å². The fraction of sp³-hybridized carbons (Fsp3) is 0.333. The standard InChI is InChI=1S/C18H24N10O6/c29-7-11(31)5-19-13-23-15(27-17(33)25-13)21-9-2-1-3-10(4-9)22-16-24-14(26-18(34)28-16)20-6-12(32)8-30/h1-4,11-12,29-32H,5-8H2,(H3,19,21,23,25,27,33)(H3,20,22,24,26,28,34). The van der Waals surface area contributed by atoms with E-state index in [0.29, 0.717) is 11.4 Å². The van der Waals surface area contributed by atoms with E-state index in [9.17, 15) is 19.8 Å². The Kier molecular flexibility index (Phi) is 8.41. The summed E-state index contributed by atoms with van der Waals surface area (Å²) in [6.07, 6.45) is -2.07. The first-order chi connectivity index (χ1) is 16.3. The molecule has 3 rings (SSSR count). The van der Waals surface area contributed by atoms with E-state index in [-0.39, 0.29) is 36.9 Å². The van der Waals surface area contributed by atoms with Crippen molar-refractivity contribution in [2.75, 3.05) is 47.6 Å². The lowest BCUT2D eigenvalue weighted by atomic mass is 10.3. The zero-order chi connectivity index (χ0) is 24.5. The van der Waals surface area contributed by atoms with Crippen molar-refractivity contribution in [2.45, 2.75) is 12.2 Å². The number of aromatic nitrogens is 6. The second kappa shape index (κ2) is 11.7. The van der Waals surface area contributed by atoms with Gasteiger partial charge in [0.1, 0.15) is 0 Å². The van der Waals surface area contributed by atoms with Crippen LogP contribution in [0.25, 0.3) is 0 Å². The molecule has 0 aliphatic rings. The molecule has 34 heavy (non-hydrogen) atoms. The Hall–Kier alpha value is -4.12. The molecule has 2 aromatic heterocycles. The molecule has 16 heteroatoms. The molecule has 16 nitrogen and oxygen atoms in total. The minimum absolute atomic E-state index is 0.0436. The third-order valence-electron chi connectivity index (χ3n) is 4.10. The lowest BCUT2D eigenvalue weighted by Crippen LogP contribution is -2.26. The van der Waals surface area contributed by atoms with Gasteiger partial charge >= 0.3 is 11.4 Å². The van der Waals surface area contributed by atoms with Crippen LogP contribution in [0.1, 0.15) is 0 Å². The highest BCUT2D eigenvalue weighted by Crippen LogP contribution is 2.20. The van der Waals surface area contributed by atoms with Crippen molar-refractivity contribution >= 4 is 35.2 Å². The number of aliphatic hydroxyl groups is 4. The van der Waals surface area contributed by atoms with E-state index in [1.807, 2.05) is 0 Å². The molecule has 0 radical (unpaired) electrons. The molecule has 10 N–H and O–H groups in total. The summed E-state index contributed by atoms with van der Waals surface area (Å²) < 4.78 is 0. The van der Waals surface area contributed by atoms with Crippen LogP contribution >= 0.6 is 0 Å². The quantitative estimate of drug-likeness (QED) is 0.132. The Morgan fingerprint density at radius 3 is 1.62 bits per heavy atom. The topological polar surface area (TPSA) is 246 Å². The predicted octanol–water partition coefficient (Wildman–Crippen LogP) is -2.34. The van der Waals surface area contributed by atoms with Crippen LogP contribution in [0.15, 0.2) is 33.9 Å². The normalized spacial score (nSPS) is 12.6. The van der Waals surface area contributed by atoms with Crippen LogP contribution in [-0.2, 0) is 0 Å². The summed E-state index contributed by atoms with van der Waals surface area (Å²) in [6, 6.07) is 6.73. The van der Waals surface area contributed by atoms with Gasteiger partial charge in [-0.3, -0.25) is 9.97 Å². The Morgan fingerprint density at radius 1 is 0.765 bits per heavy atom. The Labute approximate surface area is 191 Å². The van der Waals surface area contributed by atoms with E-state index in [4.69, 9.17) is 10.2 Å². The average molecular weight is 476 g/mol. The molecule has 3 aromatic rings. The summed E-state index contributed by atoms with van der Waals surface area (Å²) in [4.78, 5) is 44.0. The highest BCUT2D eigenvalue weighted by atomic mass is 16.3. The highest BCUT2D eigenvalue weighted by molar-refractivity contribution is 5.64. The molecule has 1 aromatic carbocycles. The van der Waals surface area contributed by atoms with E-state index in [1.165, 1.54) is 0 Å². The Bertz CT molecular complexity index is 1110. The maximum Gasteiger partial charge on any atom is 0.351 e. The highest BCUT2D eigenvalue weighted by Gasteiger charge is 2.09. The summed E-state index contributed by atoms with van der Waals surface area (Å²) in [7, 11) is 0. The number of aliphatic hydroxyl groups excluding tert-OH is 4. The molecule has 0 aliphatic carbocycles. The summed E-state index contributed by atoms with van der Waals surface area (Å²) in [6.45, 7) is -1.01. The maximum atomic E-state index is 11.8. The molecule has 182 valence electrons. The second-order valence-corrected chi connectivity index (χ2v) is 6.92. The number of nitrogens with zero attached hydrogens (tertiary/aromatic N) is 4. The third-order valence-corrected chi connectivity index (χ3v) is 4.10. The summed E-state index contributed by atoms with van der Waals surface area (Å²) in [5.74, 6) is 0.0564. The monoisotopic (exact) mass is 476 g/mol. The Morgan fingerprint density at radius 2 is 1.21 bits per heavy atom. The first-order valence-corrected chi connectivity index (χ1v) is 10.0. The van der Waals surface area contributed by atoms with Crippen molar-refractivity contribution in [3.8, 4) is 0 Å². The molecule has 0 bridgehead atoms. The van der Waals surface area contributed by atoms with Crippen molar-refractivity contribution < 1.29 is 20.4 Å². The third kappa shape index (κ3) is 7.48. The van der Waals surface area contributed by atoms with Crippen LogP contribution in [0, 0.1) is 0 Å². The van der Waals surface area contributed by atoms with Crippen LogP contribution in [0.4, 0.5) is 35.2 Å². The minimum atomic E-state index is -1.04. The number of benzene rings is 1. The first-order valence-electron chi connectivity index (χ1n) is 10.0. The van der Waals surface area contributed by atoms with E-state index >= 15 is 0 Å². The molecular formula is C18H24N10O6. The maximum absolute atomic E-state index is 11.8. The number of hydrogen-bond donors (Lipinski definition) is 10. The van der Waals surface area contributed by atoms with Crippen molar-refractivity contribution in [3.63, 3.8) is 0 Å².